The minimum absolute atomic E-state index is 0.153. The summed E-state index contributed by atoms with van der Waals surface area (Å²) in [5.74, 6) is -0.980. The van der Waals surface area contributed by atoms with Crippen LogP contribution in [0.4, 0.5) is 5.69 Å². The molecule has 6 heteroatoms. The van der Waals surface area contributed by atoms with Gasteiger partial charge in [0.15, 0.2) is 6.10 Å². The van der Waals surface area contributed by atoms with E-state index in [9.17, 15) is 9.59 Å². The molecule has 1 unspecified atom stereocenters. The number of unbranched alkanes of at least 4 members (excludes halogenated alkanes) is 2. The number of carbonyl (C=O) groups is 2. The summed E-state index contributed by atoms with van der Waals surface area (Å²) in [6, 6.07) is 4.69. The molecular formula is C15H21ClN2O3. The maximum absolute atomic E-state index is 12.0. The Morgan fingerprint density at radius 3 is 2.76 bits per heavy atom. The molecular weight excluding hydrogens is 292 g/mol. The highest BCUT2D eigenvalue weighted by Gasteiger charge is 2.20. The minimum atomic E-state index is -0.877. The number of para-hydroxylation sites is 1. The lowest BCUT2D eigenvalue weighted by atomic mass is 10.2. The van der Waals surface area contributed by atoms with Gasteiger partial charge in [-0.2, -0.15) is 0 Å². The van der Waals surface area contributed by atoms with E-state index in [-0.39, 0.29) is 22.2 Å². The molecule has 3 N–H and O–H groups in total. The minimum Gasteiger partial charge on any atom is -0.449 e. The second-order valence-electron chi connectivity index (χ2n) is 4.75. The second-order valence-corrected chi connectivity index (χ2v) is 5.15. The molecule has 1 amide bonds. The number of esters is 1. The van der Waals surface area contributed by atoms with Gasteiger partial charge < -0.3 is 15.8 Å². The maximum Gasteiger partial charge on any atom is 0.341 e. The van der Waals surface area contributed by atoms with Gasteiger partial charge in [-0.25, -0.2) is 4.79 Å². The van der Waals surface area contributed by atoms with Crippen molar-refractivity contribution in [1.82, 2.24) is 5.32 Å². The monoisotopic (exact) mass is 312 g/mol. The number of ether oxygens (including phenoxy) is 1. The zero-order chi connectivity index (χ0) is 15.8. The zero-order valence-corrected chi connectivity index (χ0v) is 13.1. The molecule has 0 fully saturated rings. The Hall–Kier alpha value is -1.75. The Bertz CT molecular complexity index is 506. The van der Waals surface area contributed by atoms with Gasteiger partial charge in [-0.3, -0.25) is 4.79 Å². The SMILES string of the molecule is CCCCCNC(=O)C(C)OC(=O)c1cccc(Cl)c1N. The van der Waals surface area contributed by atoms with Crippen molar-refractivity contribution in [2.45, 2.75) is 39.2 Å². The van der Waals surface area contributed by atoms with Crippen molar-refractivity contribution in [3.05, 3.63) is 28.8 Å². The number of benzene rings is 1. The number of hydrogen-bond donors (Lipinski definition) is 2. The standard InChI is InChI=1S/C15H21ClN2O3/c1-3-4-5-9-18-14(19)10(2)21-15(20)11-7-6-8-12(16)13(11)17/h6-8,10H,3-5,9,17H2,1-2H3,(H,18,19). The summed E-state index contributed by atoms with van der Waals surface area (Å²) in [6.45, 7) is 4.18. The number of carbonyl (C=O) groups excluding carboxylic acids is 2. The Morgan fingerprint density at radius 1 is 1.38 bits per heavy atom. The number of nitrogen functional groups attached to an aromatic ring is 1. The molecule has 0 aliphatic rings. The second kappa shape index (κ2) is 8.52. The molecule has 21 heavy (non-hydrogen) atoms. The first-order valence-corrected chi connectivity index (χ1v) is 7.37. The van der Waals surface area contributed by atoms with Crippen LogP contribution in [0.25, 0.3) is 0 Å². The molecule has 0 bridgehead atoms. The van der Waals surface area contributed by atoms with Crippen LogP contribution in [0.3, 0.4) is 0 Å². The van der Waals surface area contributed by atoms with E-state index in [0.29, 0.717) is 6.54 Å². The molecule has 116 valence electrons. The Balaban J connectivity index is 2.53. The fourth-order valence-corrected chi connectivity index (χ4v) is 1.90. The van der Waals surface area contributed by atoms with Crippen LogP contribution >= 0.6 is 11.6 Å². The van der Waals surface area contributed by atoms with E-state index in [1.54, 1.807) is 12.1 Å². The van der Waals surface area contributed by atoms with Crippen molar-refractivity contribution in [2.75, 3.05) is 12.3 Å². The summed E-state index contributed by atoms with van der Waals surface area (Å²) in [7, 11) is 0. The van der Waals surface area contributed by atoms with E-state index in [1.807, 2.05) is 0 Å². The lowest BCUT2D eigenvalue weighted by molar-refractivity contribution is -0.129. The third-order valence-corrected chi connectivity index (χ3v) is 3.34. The summed E-state index contributed by atoms with van der Waals surface area (Å²) >= 11 is 5.84. The number of nitrogens with two attached hydrogens (primary N) is 1. The number of rotatable bonds is 7. The number of amides is 1. The summed E-state index contributed by atoms with van der Waals surface area (Å²) in [5, 5.41) is 3.01. The highest BCUT2D eigenvalue weighted by molar-refractivity contribution is 6.33. The van der Waals surface area contributed by atoms with Crippen LogP contribution in [-0.4, -0.2) is 24.5 Å². The molecule has 1 aromatic rings. The molecule has 0 aliphatic carbocycles. The Morgan fingerprint density at radius 2 is 2.10 bits per heavy atom. The van der Waals surface area contributed by atoms with Gasteiger partial charge in [0.25, 0.3) is 5.91 Å². The van der Waals surface area contributed by atoms with Crippen molar-refractivity contribution in [2.24, 2.45) is 0 Å². The molecule has 0 saturated carbocycles. The lowest BCUT2D eigenvalue weighted by Gasteiger charge is -2.14. The average molecular weight is 313 g/mol. The first-order chi connectivity index (χ1) is 9.97. The fraction of sp³-hybridized carbons (Fsp3) is 0.467. The summed E-state index contributed by atoms with van der Waals surface area (Å²) < 4.78 is 5.10. The predicted octanol–water partition coefficient (Wildman–Crippen LogP) is 2.77. The van der Waals surface area contributed by atoms with Crippen LogP contribution in [0.15, 0.2) is 18.2 Å². The molecule has 1 aromatic carbocycles. The van der Waals surface area contributed by atoms with Crippen molar-refractivity contribution in [3.63, 3.8) is 0 Å². The normalized spacial score (nSPS) is 11.8. The van der Waals surface area contributed by atoms with E-state index in [0.717, 1.165) is 19.3 Å². The van der Waals surface area contributed by atoms with Crippen LogP contribution in [-0.2, 0) is 9.53 Å². The molecule has 0 saturated heterocycles. The van der Waals surface area contributed by atoms with Gasteiger partial charge in [0.05, 0.1) is 16.3 Å². The van der Waals surface area contributed by atoms with Gasteiger partial charge in [-0.05, 0) is 25.5 Å². The summed E-state index contributed by atoms with van der Waals surface area (Å²) in [4.78, 5) is 23.7. The third kappa shape index (κ3) is 5.27. The molecule has 0 radical (unpaired) electrons. The van der Waals surface area contributed by atoms with Crippen molar-refractivity contribution < 1.29 is 14.3 Å². The van der Waals surface area contributed by atoms with E-state index < -0.39 is 12.1 Å². The lowest BCUT2D eigenvalue weighted by Crippen LogP contribution is -2.36. The van der Waals surface area contributed by atoms with Crippen LogP contribution < -0.4 is 11.1 Å². The first-order valence-electron chi connectivity index (χ1n) is 7.00. The summed E-state index contributed by atoms with van der Waals surface area (Å²) in [5.41, 5.74) is 6.03. The molecule has 5 nitrogen and oxygen atoms in total. The van der Waals surface area contributed by atoms with Crippen LogP contribution in [0.2, 0.25) is 5.02 Å². The van der Waals surface area contributed by atoms with E-state index >= 15 is 0 Å². The largest absolute Gasteiger partial charge is 0.449 e. The average Bonchev–Trinajstić information content (AvgIpc) is 2.46. The quantitative estimate of drug-likeness (QED) is 0.461. The van der Waals surface area contributed by atoms with Crippen LogP contribution in [0.1, 0.15) is 43.5 Å². The highest BCUT2D eigenvalue weighted by atomic mass is 35.5. The van der Waals surface area contributed by atoms with Gasteiger partial charge in [0.2, 0.25) is 0 Å². The van der Waals surface area contributed by atoms with Crippen LogP contribution in [0, 0.1) is 0 Å². The molecule has 1 atom stereocenters. The van der Waals surface area contributed by atoms with E-state index in [4.69, 9.17) is 22.1 Å². The third-order valence-electron chi connectivity index (χ3n) is 3.01. The fourth-order valence-electron chi connectivity index (χ4n) is 1.72. The van der Waals surface area contributed by atoms with Gasteiger partial charge in [-0.15, -0.1) is 0 Å². The molecule has 0 aromatic heterocycles. The number of halogens is 1. The topological polar surface area (TPSA) is 81.4 Å². The van der Waals surface area contributed by atoms with Gasteiger partial charge in [-0.1, -0.05) is 37.4 Å². The number of anilines is 1. The van der Waals surface area contributed by atoms with E-state index in [2.05, 4.69) is 12.2 Å². The first kappa shape index (κ1) is 17.3. The van der Waals surface area contributed by atoms with Crippen molar-refractivity contribution in [1.29, 1.82) is 0 Å². The van der Waals surface area contributed by atoms with Crippen molar-refractivity contribution >= 4 is 29.2 Å². The van der Waals surface area contributed by atoms with E-state index in [1.165, 1.54) is 13.0 Å². The summed E-state index contributed by atoms with van der Waals surface area (Å²) in [6.07, 6.45) is 2.16. The smallest absolute Gasteiger partial charge is 0.341 e. The number of nitrogens with one attached hydrogen (secondary N) is 1. The predicted molar refractivity (Wildman–Crippen MR) is 83.3 cm³/mol. The molecule has 0 spiro atoms. The van der Waals surface area contributed by atoms with Gasteiger partial charge in [0.1, 0.15) is 0 Å². The Labute approximate surface area is 129 Å². The van der Waals surface area contributed by atoms with Gasteiger partial charge in [0, 0.05) is 6.54 Å². The maximum atomic E-state index is 12.0. The molecule has 1 rings (SSSR count). The van der Waals surface area contributed by atoms with Crippen molar-refractivity contribution in [3.8, 4) is 0 Å². The highest BCUT2D eigenvalue weighted by Crippen LogP contribution is 2.23. The number of hydrogen-bond acceptors (Lipinski definition) is 4. The Kier molecular flexibility index (Phi) is 7.02. The molecule has 0 heterocycles. The van der Waals surface area contributed by atoms with Gasteiger partial charge >= 0.3 is 5.97 Å². The van der Waals surface area contributed by atoms with Crippen LogP contribution in [0.5, 0.6) is 0 Å². The zero-order valence-electron chi connectivity index (χ0n) is 12.3. The molecule has 0 aliphatic heterocycles.